The molecule has 1 unspecified atom stereocenters. The van der Waals surface area contributed by atoms with Gasteiger partial charge in [0.15, 0.2) is 0 Å². The topological polar surface area (TPSA) is 92.5 Å². The molecule has 0 spiro atoms. The van der Waals surface area contributed by atoms with Crippen LogP contribution in [0.4, 0.5) is 5.69 Å². The van der Waals surface area contributed by atoms with Gasteiger partial charge in [-0.1, -0.05) is 12.1 Å². The largest absolute Gasteiger partial charge is 0.480 e. The lowest BCUT2D eigenvalue weighted by Gasteiger charge is -2.12. The first kappa shape index (κ1) is 13.1. The standard InChI is InChI=1S/C11H14N2O4/c1-7-3-4-9(5-10(7)13(16)17)8(2)12-6-11(14)15/h3-5,8,12H,6H2,1-2H3,(H,14,15). The number of carboxylic acid groups (broad SMARTS) is 1. The summed E-state index contributed by atoms with van der Waals surface area (Å²) in [5, 5.41) is 22.0. The number of aryl methyl sites for hydroxylation is 1. The molecule has 6 nitrogen and oxygen atoms in total. The molecule has 0 fully saturated rings. The van der Waals surface area contributed by atoms with Crippen molar-refractivity contribution in [1.82, 2.24) is 5.32 Å². The van der Waals surface area contributed by atoms with E-state index in [-0.39, 0.29) is 18.3 Å². The number of carbonyl (C=O) groups is 1. The van der Waals surface area contributed by atoms with Gasteiger partial charge in [0.1, 0.15) is 0 Å². The first-order valence-corrected chi connectivity index (χ1v) is 5.12. The zero-order chi connectivity index (χ0) is 13.0. The van der Waals surface area contributed by atoms with E-state index in [0.29, 0.717) is 11.1 Å². The zero-order valence-electron chi connectivity index (χ0n) is 9.64. The molecule has 0 saturated heterocycles. The van der Waals surface area contributed by atoms with Crippen molar-refractivity contribution in [2.24, 2.45) is 0 Å². The number of hydrogen-bond acceptors (Lipinski definition) is 4. The molecular weight excluding hydrogens is 224 g/mol. The van der Waals surface area contributed by atoms with Gasteiger partial charge in [-0.3, -0.25) is 14.9 Å². The zero-order valence-corrected chi connectivity index (χ0v) is 9.64. The molecule has 0 amide bonds. The normalized spacial score (nSPS) is 12.1. The van der Waals surface area contributed by atoms with Crippen LogP contribution in [0, 0.1) is 17.0 Å². The second kappa shape index (κ2) is 5.40. The molecule has 1 aromatic carbocycles. The molecule has 0 heterocycles. The van der Waals surface area contributed by atoms with Crippen molar-refractivity contribution < 1.29 is 14.8 Å². The second-order valence-corrected chi connectivity index (χ2v) is 3.80. The van der Waals surface area contributed by atoms with Crippen molar-refractivity contribution in [2.45, 2.75) is 19.9 Å². The molecule has 0 aliphatic heterocycles. The number of nitro benzene ring substituents is 1. The lowest BCUT2D eigenvalue weighted by atomic mass is 10.0. The van der Waals surface area contributed by atoms with Gasteiger partial charge in [-0.05, 0) is 19.4 Å². The number of aliphatic carboxylic acids is 1. The van der Waals surface area contributed by atoms with E-state index in [9.17, 15) is 14.9 Å². The molecule has 0 aliphatic carbocycles. The lowest BCUT2D eigenvalue weighted by Crippen LogP contribution is -2.25. The summed E-state index contributed by atoms with van der Waals surface area (Å²) in [5.41, 5.74) is 1.33. The summed E-state index contributed by atoms with van der Waals surface area (Å²) in [6.07, 6.45) is 0. The summed E-state index contributed by atoms with van der Waals surface area (Å²) in [7, 11) is 0. The van der Waals surface area contributed by atoms with Crippen LogP contribution in [0.3, 0.4) is 0 Å². The van der Waals surface area contributed by atoms with Crippen LogP contribution in [0.15, 0.2) is 18.2 Å². The fourth-order valence-corrected chi connectivity index (χ4v) is 1.45. The van der Waals surface area contributed by atoms with Crippen LogP contribution >= 0.6 is 0 Å². The molecule has 0 radical (unpaired) electrons. The summed E-state index contributed by atoms with van der Waals surface area (Å²) in [6.45, 7) is 3.25. The Morgan fingerprint density at radius 2 is 2.24 bits per heavy atom. The van der Waals surface area contributed by atoms with Crippen LogP contribution < -0.4 is 5.32 Å². The first-order chi connectivity index (χ1) is 7.91. The summed E-state index contributed by atoms with van der Waals surface area (Å²) in [5.74, 6) is -0.960. The number of hydrogen-bond donors (Lipinski definition) is 2. The molecule has 0 saturated carbocycles. The van der Waals surface area contributed by atoms with Crippen LogP contribution in [0.2, 0.25) is 0 Å². The molecule has 6 heteroatoms. The van der Waals surface area contributed by atoms with Gasteiger partial charge in [-0.15, -0.1) is 0 Å². The van der Waals surface area contributed by atoms with E-state index in [4.69, 9.17) is 5.11 Å². The number of nitrogens with one attached hydrogen (secondary N) is 1. The van der Waals surface area contributed by atoms with Crippen molar-refractivity contribution in [3.8, 4) is 0 Å². The summed E-state index contributed by atoms with van der Waals surface area (Å²) < 4.78 is 0. The Labute approximate surface area is 98.4 Å². The third kappa shape index (κ3) is 3.53. The van der Waals surface area contributed by atoms with Crippen molar-refractivity contribution in [3.05, 3.63) is 39.4 Å². The van der Waals surface area contributed by atoms with Crippen LogP contribution in [-0.2, 0) is 4.79 Å². The monoisotopic (exact) mass is 238 g/mol. The highest BCUT2D eigenvalue weighted by Gasteiger charge is 2.14. The third-order valence-electron chi connectivity index (χ3n) is 2.49. The molecule has 1 atom stereocenters. The van der Waals surface area contributed by atoms with Gasteiger partial charge in [-0.2, -0.15) is 0 Å². The van der Waals surface area contributed by atoms with Crippen LogP contribution in [0.1, 0.15) is 24.1 Å². The predicted octanol–water partition coefficient (Wildman–Crippen LogP) is 1.64. The molecule has 0 aliphatic rings. The molecule has 92 valence electrons. The van der Waals surface area contributed by atoms with Gasteiger partial charge in [-0.25, -0.2) is 0 Å². The van der Waals surface area contributed by atoms with Gasteiger partial charge in [0.05, 0.1) is 11.5 Å². The van der Waals surface area contributed by atoms with Crippen molar-refractivity contribution >= 4 is 11.7 Å². The average molecular weight is 238 g/mol. The van der Waals surface area contributed by atoms with Crippen molar-refractivity contribution in [2.75, 3.05) is 6.54 Å². The maximum atomic E-state index is 10.8. The molecule has 2 N–H and O–H groups in total. The molecule has 0 bridgehead atoms. The minimum Gasteiger partial charge on any atom is -0.480 e. The lowest BCUT2D eigenvalue weighted by molar-refractivity contribution is -0.385. The van der Waals surface area contributed by atoms with E-state index >= 15 is 0 Å². The van der Waals surface area contributed by atoms with Crippen LogP contribution in [0.25, 0.3) is 0 Å². The highest BCUT2D eigenvalue weighted by Crippen LogP contribution is 2.22. The smallest absolute Gasteiger partial charge is 0.317 e. The fraction of sp³-hybridized carbons (Fsp3) is 0.364. The van der Waals surface area contributed by atoms with Crippen LogP contribution in [0.5, 0.6) is 0 Å². The minimum absolute atomic E-state index is 0.0477. The van der Waals surface area contributed by atoms with Gasteiger partial charge in [0, 0.05) is 17.7 Å². The highest BCUT2D eigenvalue weighted by atomic mass is 16.6. The summed E-state index contributed by atoms with van der Waals surface area (Å²) in [4.78, 5) is 20.7. The van der Waals surface area contributed by atoms with E-state index in [2.05, 4.69) is 5.32 Å². The second-order valence-electron chi connectivity index (χ2n) is 3.80. The third-order valence-corrected chi connectivity index (χ3v) is 2.49. The number of nitrogens with zero attached hydrogens (tertiary/aromatic N) is 1. The van der Waals surface area contributed by atoms with Gasteiger partial charge < -0.3 is 10.4 Å². The minimum atomic E-state index is -0.960. The average Bonchev–Trinajstić information content (AvgIpc) is 2.26. The predicted molar refractivity (Wildman–Crippen MR) is 61.9 cm³/mol. The molecule has 17 heavy (non-hydrogen) atoms. The van der Waals surface area contributed by atoms with E-state index in [1.54, 1.807) is 26.0 Å². The number of nitro groups is 1. The van der Waals surface area contributed by atoms with E-state index < -0.39 is 10.9 Å². The first-order valence-electron chi connectivity index (χ1n) is 5.12. The van der Waals surface area contributed by atoms with Gasteiger partial charge in [0.25, 0.3) is 5.69 Å². The molecule has 1 rings (SSSR count). The molecule has 0 aromatic heterocycles. The fourth-order valence-electron chi connectivity index (χ4n) is 1.45. The Bertz CT molecular complexity index is 445. The Hall–Kier alpha value is -1.95. The highest BCUT2D eigenvalue weighted by molar-refractivity contribution is 5.69. The Morgan fingerprint density at radius 1 is 1.59 bits per heavy atom. The van der Waals surface area contributed by atoms with Crippen molar-refractivity contribution in [1.29, 1.82) is 0 Å². The van der Waals surface area contributed by atoms with E-state index in [1.807, 2.05) is 0 Å². The SMILES string of the molecule is Cc1ccc(C(C)NCC(=O)O)cc1[N+](=O)[O-]. The maximum Gasteiger partial charge on any atom is 0.317 e. The number of carboxylic acids is 1. The quantitative estimate of drug-likeness (QED) is 0.600. The summed E-state index contributed by atoms with van der Waals surface area (Å²) in [6, 6.07) is 4.63. The van der Waals surface area contributed by atoms with Gasteiger partial charge >= 0.3 is 5.97 Å². The van der Waals surface area contributed by atoms with E-state index in [1.165, 1.54) is 6.07 Å². The molecular formula is C11H14N2O4. The Kier molecular flexibility index (Phi) is 4.17. The Morgan fingerprint density at radius 3 is 2.76 bits per heavy atom. The van der Waals surface area contributed by atoms with Crippen molar-refractivity contribution in [3.63, 3.8) is 0 Å². The number of rotatable bonds is 5. The number of benzene rings is 1. The van der Waals surface area contributed by atoms with Crippen LogP contribution in [-0.4, -0.2) is 22.5 Å². The summed E-state index contributed by atoms with van der Waals surface area (Å²) >= 11 is 0. The molecule has 1 aromatic rings. The Balaban J connectivity index is 2.87. The van der Waals surface area contributed by atoms with E-state index in [0.717, 1.165) is 0 Å². The van der Waals surface area contributed by atoms with Gasteiger partial charge in [0.2, 0.25) is 0 Å². The maximum absolute atomic E-state index is 10.8.